The number of carbonyl (C=O) groups excluding carboxylic acids is 1. The van der Waals surface area contributed by atoms with Crippen LogP contribution in [-0.2, 0) is 4.79 Å². The molecule has 0 aromatic heterocycles. The zero-order chi connectivity index (χ0) is 9.02. The van der Waals surface area contributed by atoms with Gasteiger partial charge in [0.15, 0.2) is 0 Å². The van der Waals surface area contributed by atoms with Crippen LogP contribution in [-0.4, -0.2) is 17.9 Å². The summed E-state index contributed by atoms with van der Waals surface area (Å²) in [5, 5.41) is 3.23. The van der Waals surface area contributed by atoms with Crippen molar-refractivity contribution in [3.05, 3.63) is 0 Å². The smallest absolute Gasteiger partial charge is 0.146 e. The van der Waals surface area contributed by atoms with E-state index in [9.17, 15) is 4.79 Å². The largest absolute Gasteiger partial charge is 0.305 e. The van der Waals surface area contributed by atoms with Crippen molar-refractivity contribution >= 4 is 5.78 Å². The molecule has 0 amide bonds. The lowest BCUT2D eigenvalue weighted by Gasteiger charge is -2.21. The van der Waals surface area contributed by atoms with E-state index >= 15 is 0 Å². The van der Waals surface area contributed by atoms with Crippen molar-refractivity contribution in [2.45, 2.75) is 46.7 Å². The van der Waals surface area contributed by atoms with E-state index in [1.54, 1.807) is 6.92 Å². The van der Waals surface area contributed by atoms with Crippen molar-refractivity contribution in [1.82, 2.24) is 5.32 Å². The highest BCUT2D eigenvalue weighted by Gasteiger charge is 2.17. The molecule has 2 nitrogen and oxygen atoms in total. The van der Waals surface area contributed by atoms with Crippen molar-refractivity contribution in [3.63, 3.8) is 0 Å². The van der Waals surface area contributed by atoms with Crippen molar-refractivity contribution in [3.8, 4) is 0 Å². The Morgan fingerprint density at radius 2 is 1.64 bits per heavy atom. The van der Waals surface area contributed by atoms with E-state index in [2.05, 4.69) is 33.0 Å². The zero-order valence-corrected chi connectivity index (χ0v) is 8.14. The molecular formula is C9H19NO. The monoisotopic (exact) mass is 157 g/mol. The fourth-order valence-electron chi connectivity index (χ4n) is 1.14. The molecule has 0 aromatic rings. The van der Waals surface area contributed by atoms with Crippen molar-refractivity contribution < 1.29 is 4.79 Å². The molecule has 0 saturated heterocycles. The highest BCUT2D eigenvalue weighted by atomic mass is 16.1. The highest BCUT2D eigenvalue weighted by molar-refractivity contribution is 5.81. The highest BCUT2D eigenvalue weighted by Crippen LogP contribution is 2.03. The summed E-state index contributed by atoms with van der Waals surface area (Å²) in [6, 6.07) is 0.404. The van der Waals surface area contributed by atoms with Gasteiger partial charge in [0.1, 0.15) is 5.78 Å². The molecule has 0 saturated carbocycles. The van der Waals surface area contributed by atoms with Gasteiger partial charge in [0.2, 0.25) is 0 Å². The number of hydrogen-bond donors (Lipinski definition) is 1. The number of ketones is 1. The van der Waals surface area contributed by atoms with Crippen LogP contribution >= 0.6 is 0 Å². The topological polar surface area (TPSA) is 29.1 Å². The minimum Gasteiger partial charge on any atom is -0.305 e. The van der Waals surface area contributed by atoms with Crippen LogP contribution in [0.25, 0.3) is 0 Å². The van der Waals surface area contributed by atoms with Crippen molar-refractivity contribution in [1.29, 1.82) is 0 Å². The summed E-state index contributed by atoms with van der Waals surface area (Å²) < 4.78 is 0. The Labute approximate surface area is 69.4 Å². The maximum atomic E-state index is 11.1. The van der Waals surface area contributed by atoms with E-state index in [4.69, 9.17) is 0 Å². The maximum absolute atomic E-state index is 11.1. The van der Waals surface area contributed by atoms with Gasteiger partial charge >= 0.3 is 0 Å². The lowest BCUT2D eigenvalue weighted by Crippen LogP contribution is -2.43. The van der Waals surface area contributed by atoms with E-state index in [0.29, 0.717) is 12.0 Å². The quantitative estimate of drug-likeness (QED) is 0.671. The Morgan fingerprint density at radius 1 is 1.18 bits per heavy atom. The Morgan fingerprint density at radius 3 is 1.73 bits per heavy atom. The summed E-state index contributed by atoms with van der Waals surface area (Å²) in [6.07, 6.45) is 0. The van der Waals surface area contributed by atoms with Gasteiger partial charge in [0.25, 0.3) is 0 Å². The van der Waals surface area contributed by atoms with Gasteiger partial charge < -0.3 is 5.32 Å². The average molecular weight is 157 g/mol. The van der Waals surface area contributed by atoms with Crippen LogP contribution in [0.2, 0.25) is 0 Å². The van der Waals surface area contributed by atoms with Gasteiger partial charge in [-0.2, -0.15) is 0 Å². The van der Waals surface area contributed by atoms with Crippen LogP contribution in [0.15, 0.2) is 0 Å². The van der Waals surface area contributed by atoms with Crippen LogP contribution in [0.4, 0.5) is 0 Å². The van der Waals surface area contributed by atoms with E-state index in [1.165, 1.54) is 0 Å². The van der Waals surface area contributed by atoms with Gasteiger partial charge in [-0.1, -0.05) is 27.7 Å². The van der Waals surface area contributed by atoms with E-state index in [0.717, 1.165) is 0 Å². The van der Waals surface area contributed by atoms with Crippen LogP contribution in [0.3, 0.4) is 0 Å². The van der Waals surface area contributed by atoms with Gasteiger partial charge in [-0.25, -0.2) is 0 Å². The first kappa shape index (κ1) is 10.6. The first-order valence-electron chi connectivity index (χ1n) is 4.21. The third-order valence-corrected chi connectivity index (χ3v) is 1.62. The molecule has 0 unspecified atom stereocenters. The predicted octanol–water partition coefficient (Wildman–Crippen LogP) is 1.60. The maximum Gasteiger partial charge on any atom is 0.146 e. The van der Waals surface area contributed by atoms with Gasteiger partial charge in [-0.15, -0.1) is 0 Å². The molecule has 0 bridgehead atoms. The van der Waals surface area contributed by atoms with Gasteiger partial charge in [0.05, 0.1) is 6.04 Å². The lowest BCUT2D eigenvalue weighted by atomic mass is 10.0. The molecule has 0 radical (unpaired) electrons. The molecule has 0 aliphatic carbocycles. The molecule has 66 valence electrons. The summed E-state index contributed by atoms with van der Waals surface area (Å²) in [4.78, 5) is 11.1. The first-order chi connectivity index (χ1) is 4.95. The molecule has 1 N–H and O–H groups in total. The molecule has 1 atom stereocenters. The summed E-state index contributed by atoms with van der Waals surface area (Å²) in [6.45, 7) is 9.86. The number of nitrogens with one attached hydrogen (secondary N) is 1. The average Bonchev–Trinajstić information content (AvgIpc) is 1.81. The molecule has 0 fully saturated rings. The second kappa shape index (κ2) is 4.50. The standard InChI is InChI=1S/C9H19NO/c1-6(2)9(8(5)11)10-7(3)4/h6-7,9-10H,1-5H3/t9-/m1/s1. The number of carbonyl (C=O) groups is 1. The normalized spacial score (nSPS) is 14.1. The van der Waals surface area contributed by atoms with Gasteiger partial charge in [-0.3, -0.25) is 4.79 Å². The molecule has 0 spiro atoms. The molecule has 0 rings (SSSR count). The molecule has 0 aliphatic heterocycles. The fourth-order valence-corrected chi connectivity index (χ4v) is 1.14. The van der Waals surface area contributed by atoms with Crippen LogP contribution < -0.4 is 5.32 Å². The Hall–Kier alpha value is -0.370. The summed E-state index contributed by atoms with van der Waals surface area (Å²) in [5.74, 6) is 0.614. The first-order valence-corrected chi connectivity index (χ1v) is 4.21. The van der Waals surface area contributed by atoms with E-state index < -0.39 is 0 Å². The van der Waals surface area contributed by atoms with Crippen LogP contribution in [0.1, 0.15) is 34.6 Å². The van der Waals surface area contributed by atoms with Crippen LogP contribution in [0.5, 0.6) is 0 Å². The molecule has 0 aliphatic rings. The third-order valence-electron chi connectivity index (χ3n) is 1.62. The van der Waals surface area contributed by atoms with Crippen LogP contribution in [0, 0.1) is 5.92 Å². The number of rotatable bonds is 4. The Bertz CT molecular complexity index is 130. The molecule has 11 heavy (non-hydrogen) atoms. The van der Waals surface area contributed by atoms with E-state index in [1.807, 2.05) is 0 Å². The lowest BCUT2D eigenvalue weighted by molar-refractivity contribution is -0.120. The number of Topliss-reactive ketones (excluding diaryl/α,β-unsaturated/α-hetero) is 1. The molecule has 0 heterocycles. The van der Waals surface area contributed by atoms with Gasteiger partial charge in [0, 0.05) is 6.04 Å². The summed E-state index contributed by atoms with van der Waals surface area (Å²) in [7, 11) is 0. The second-order valence-corrected chi connectivity index (χ2v) is 3.65. The SMILES string of the molecule is CC(=O)[C@H](NC(C)C)C(C)C. The minimum absolute atomic E-state index is 0.0231. The fraction of sp³-hybridized carbons (Fsp3) is 0.889. The van der Waals surface area contributed by atoms with Crippen molar-refractivity contribution in [2.75, 3.05) is 0 Å². The summed E-state index contributed by atoms with van der Waals surface area (Å²) >= 11 is 0. The number of hydrogen-bond acceptors (Lipinski definition) is 2. The van der Waals surface area contributed by atoms with Crippen molar-refractivity contribution in [2.24, 2.45) is 5.92 Å². The zero-order valence-electron chi connectivity index (χ0n) is 8.14. The Kier molecular flexibility index (Phi) is 4.34. The van der Waals surface area contributed by atoms with E-state index in [-0.39, 0.29) is 11.8 Å². The second-order valence-electron chi connectivity index (χ2n) is 3.65. The van der Waals surface area contributed by atoms with Gasteiger partial charge in [-0.05, 0) is 12.8 Å². The minimum atomic E-state index is 0.0231. The molecule has 0 aromatic carbocycles. The third kappa shape index (κ3) is 4.14. The Balaban J connectivity index is 4.01. The predicted molar refractivity (Wildman–Crippen MR) is 47.6 cm³/mol. The summed E-state index contributed by atoms with van der Waals surface area (Å²) in [5.41, 5.74) is 0. The molecular weight excluding hydrogens is 138 g/mol. The molecule has 2 heteroatoms.